The Hall–Kier alpha value is -1.55. The minimum atomic E-state index is -0.573. The van der Waals surface area contributed by atoms with E-state index in [1.807, 2.05) is 25.1 Å². The van der Waals surface area contributed by atoms with Crippen molar-refractivity contribution in [2.45, 2.75) is 26.4 Å². The molecule has 4 nitrogen and oxygen atoms in total. The molecule has 1 aromatic rings. The average Bonchev–Trinajstić information content (AvgIpc) is 2.30. The van der Waals surface area contributed by atoms with Crippen LogP contribution < -0.4 is 10.1 Å². The Balaban J connectivity index is 2.49. The molecule has 0 aliphatic rings. The van der Waals surface area contributed by atoms with E-state index in [1.54, 1.807) is 13.0 Å². The fourth-order valence-electron chi connectivity index (χ4n) is 1.50. The molecule has 1 unspecified atom stereocenters. The van der Waals surface area contributed by atoms with Crippen molar-refractivity contribution in [2.24, 2.45) is 0 Å². The lowest BCUT2D eigenvalue weighted by atomic mass is 10.1. The third kappa shape index (κ3) is 4.44. The molecule has 0 fully saturated rings. The van der Waals surface area contributed by atoms with Crippen molar-refractivity contribution >= 4 is 5.91 Å². The van der Waals surface area contributed by atoms with Gasteiger partial charge in [-0.25, -0.2) is 0 Å². The third-order valence-electron chi connectivity index (χ3n) is 2.33. The Labute approximate surface area is 102 Å². The van der Waals surface area contributed by atoms with Crippen molar-refractivity contribution in [3.63, 3.8) is 0 Å². The fraction of sp³-hybridized carbons (Fsp3) is 0.462. The zero-order chi connectivity index (χ0) is 12.7. The van der Waals surface area contributed by atoms with E-state index in [4.69, 9.17) is 4.74 Å². The van der Waals surface area contributed by atoms with Crippen molar-refractivity contribution in [1.29, 1.82) is 0 Å². The number of para-hydroxylation sites is 1. The van der Waals surface area contributed by atoms with Crippen LogP contribution in [-0.2, 0) is 4.79 Å². The van der Waals surface area contributed by atoms with Crippen LogP contribution in [0.1, 0.15) is 31.9 Å². The summed E-state index contributed by atoms with van der Waals surface area (Å²) in [6.07, 6.45) is -0.252. The molecule has 0 saturated heterocycles. The highest BCUT2D eigenvalue weighted by Crippen LogP contribution is 2.24. The van der Waals surface area contributed by atoms with Gasteiger partial charge in [-0.2, -0.15) is 0 Å². The number of benzene rings is 1. The molecule has 94 valence electrons. The molecule has 0 aliphatic heterocycles. The Kier molecular flexibility index (Phi) is 5.49. The first-order chi connectivity index (χ1) is 8.15. The van der Waals surface area contributed by atoms with Gasteiger partial charge in [0.15, 0.2) is 0 Å². The van der Waals surface area contributed by atoms with E-state index in [0.717, 1.165) is 5.56 Å². The monoisotopic (exact) mass is 237 g/mol. The first-order valence-electron chi connectivity index (χ1n) is 5.81. The van der Waals surface area contributed by atoms with Crippen LogP contribution in [0.3, 0.4) is 0 Å². The Bertz CT molecular complexity index is 363. The largest absolute Gasteiger partial charge is 0.493 e. The molecule has 0 bridgehead atoms. The number of carbonyl (C=O) groups excluding carboxylic acids is 1. The van der Waals surface area contributed by atoms with Crippen LogP contribution >= 0.6 is 0 Å². The second-order valence-corrected chi connectivity index (χ2v) is 3.77. The van der Waals surface area contributed by atoms with Gasteiger partial charge < -0.3 is 15.2 Å². The topological polar surface area (TPSA) is 58.6 Å². The maximum atomic E-state index is 11.2. The van der Waals surface area contributed by atoms with E-state index < -0.39 is 6.10 Å². The van der Waals surface area contributed by atoms with Crippen LogP contribution in [0.4, 0.5) is 0 Å². The van der Waals surface area contributed by atoms with Gasteiger partial charge in [0, 0.05) is 12.1 Å². The summed E-state index contributed by atoms with van der Waals surface area (Å²) in [4.78, 5) is 11.2. The van der Waals surface area contributed by atoms with Gasteiger partial charge in [0.2, 0.25) is 5.91 Å². The molecule has 1 rings (SSSR count). The number of carbonyl (C=O) groups is 1. The van der Waals surface area contributed by atoms with E-state index in [9.17, 15) is 9.90 Å². The van der Waals surface area contributed by atoms with Crippen LogP contribution in [-0.4, -0.2) is 24.2 Å². The average molecular weight is 237 g/mol. The molecule has 0 spiro atoms. The summed E-state index contributed by atoms with van der Waals surface area (Å²) in [5.74, 6) is 0.605. The molecule has 2 N–H and O–H groups in total. The number of hydrogen-bond acceptors (Lipinski definition) is 3. The zero-order valence-electron chi connectivity index (χ0n) is 10.3. The van der Waals surface area contributed by atoms with Crippen molar-refractivity contribution in [1.82, 2.24) is 5.32 Å². The number of amides is 1. The van der Waals surface area contributed by atoms with Gasteiger partial charge in [-0.05, 0) is 19.9 Å². The first kappa shape index (κ1) is 13.5. The van der Waals surface area contributed by atoms with E-state index in [-0.39, 0.29) is 5.91 Å². The second kappa shape index (κ2) is 6.91. The van der Waals surface area contributed by atoms with Crippen LogP contribution in [0, 0.1) is 0 Å². The summed E-state index contributed by atoms with van der Waals surface area (Å²) in [5, 5.41) is 12.2. The standard InChI is InChI=1S/C13H19NO3/c1-3-14-13(16)8-9-17-12-7-5-4-6-11(12)10(2)15/h4-7,10,15H,3,8-9H2,1-2H3,(H,14,16). The number of rotatable bonds is 6. The Morgan fingerprint density at radius 2 is 2.18 bits per heavy atom. The molecular formula is C13H19NO3. The molecule has 4 heteroatoms. The number of hydrogen-bond donors (Lipinski definition) is 2. The summed E-state index contributed by atoms with van der Waals surface area (Å²) < 4.78 is 5.49. The number of aliphatic hydroxyl groups excluding tert-OH is 1. The molecule has 1 atom stereocenters. The van der Waals surface area contributed by atoms with E-state index >= 15 is 0 Å². The van der Waals surface area contributed by atoms with Gasteiger partial charge in [0.25, 0.3) is 0 Å². The third-order valence-corrected chi connectivity index (χ3v) is 2.33. The van der Waals surface area contributed by atoms with Gasteiger partial charge >= 0.3 is 0 Å². The maximum absolute atomic E-state index is 11.2. The summed E-state index contributed by atoms with van der Waals surface area (Å²) in [6.45, 7) is 4.51. The molecule has 0 aromatic heterocycles. The quantitative estimate of drug-likeness (QED) is 0.791. The predicted octanol–water partition coefficient (Wildman–Crippen LogP) is 1.64. The molecule has 17 heavy (non-hydrogen) atoms. The number of ether oxygens (including phenoxy) is 1. The first-order valence-corrected chi connectivity index (χ1v) is 5.81. The molecule has 0 aliphatic carbocycles. The van der Waals surface area contributed by atoms with Crippen molar-refractivity contribution in [3.05, 3.63) is 29.8 Å². The lowest BCUT2D eigenvalue weighted by molar-refractivity contribution is -0.121. The number of aliphatic hydroxyl groups is 1. The van der Waals surface area contributed by atoms with Crippen LogP contribution in [0.2, 0.25) is 0 Å². The Morgan fingerprint density at radius 3 is 2.82 bits per heavy atom. The van der Waals surface area contributed by atoms with Gasteiger partial charge in [-0.1, -0.05) is 18.2 Å². The molecule has 1 amide bonds. The van der Waals surface area contributed by atoms with Crippen molar-refractivity contribution in [3.8, 4) is 5.75 Å². The SMILES string of the molecule is CCNC(=O)CCOc1ccccc1C(C)O. The van der Waals surface area contributed by atoms with Crippen molar-refractivity contribution < 1.29 is 14.6 Å². The predicted molar refractivity (Wildman–Crippen MR) is 65.9 cm³/mol. The lowest BCUT2D eigenvalue weighted by Crippen LogP contribution is -2.24. The normalized spacial score (nSPS) is 11.9. The molecule has 0 saturated carbocycles. The summed E-state index contributed by atoms with van der Waals surface area (Å²) in [6, 6.07) is 7.29. The molecule has 0 radical (unpaired) electrons. The van der Waals surface area contributed by atoms with Crippen LogP contribution in [0.15, 0.2) is 24.3 Å². The highest BCUT2D eigenvalue weighted by molar-refractivity contribution is 5.75. The number of nitrogens with one attached hydrogen (secondary N) is 1. The van der Waals surface area contributed by atoms with Gasteiger partial charge in [-0.3, -0.25) is 4.79 Å². The van der Waals surface area contributed by atoms with Crippen LogP contribution in [0.5, 0.6) is 5.75 Å². The minimum absolute atomic E-state index is 0.0259. The molecule has 0 heterocycles. The zero-order valence-corrected chi connectivity index (χ0v) is 10.3. The van der Waals surface area contributed by atoms with Crippen molar-refractivity contribution in [2.75, 3.05) is 13.2 Å². The van der Waals surface area contributed by atoms with Gasteiger partial charge in [0.1, 0.15) is 5.75 Å². The van der Waals surface area contributed by atoms with Gasteiger partial charge in [0.05, 0.1) is 19.1 Å². The summed E-state index contributed by atoms with van der Waals surface area (Å²) in [7, 11) is 0. The van der Waals surface area contributed by atoms with E-state index in [1.165, 1.54) is 0 Å². The summed E-state index contributed by atoms with van der Waals surface area (Å²) in [5.41, 5.74) is 0.739. The Morgan fingerprint density at radius 1 is 1.47 bits per heavy atom. The highest BCUT2D eigenvalue weighted by atomic mass is 16.5. The van der Waals surface area contributed by atoms with Crippen LogP contribution in [0.25, 0.3) is 0 Å². The summed E-state index contributed by atoms with van der Waals surface area (Å²) >= 11 is 0. The molecule has 1 aromatic carbocycles. The second-order valence-electron chi connectivity index (χ2n) is 3.77. The fourth-order valence-corrected chi connectivity index (χ4v) is 1.50. The lowest BCUT2D eigenvalue weighted by Gasteiger charge is -2.12. The van der Waals surface area contributed by atoms with Gasteiger partial charge in [-0.15, -0.1) is 0 Å². The highest BCUT2D eigenvalue weighted by Gasteiger charge is 2.08. The molecular weight excluding hydrogens is 218 g/mol. The van der Waals surface area contributed by atoms with E-state index in [2.05, 4.69) is 5.32 Å². The minimum Gasteiger partial charge on any atom is -0.493 e. The smallest absolute Gasteiger partial charge is 0.223 e. The van der Waals surface area contributed by atoms with E-state index in [0.29, 0.717) is 25.3 Å². The maximum Gasteiger partial charge on any atom is 0.223 e.